The first-order valence-electron chi connectivity index (χ1n) is 4.69. The van der Waals surface area contributed by atoms with E-state index in [0.717, 1.165) is 10.0 Å². The molecule has 0 saturated heterocycles. The third kappa shape index (κ3) is 2.37. The number of benzene rings is 1. The van der Waals surface area contributed by atoms with Crippen LogP contribution < -0.4 is 14.2 Å². The van der Waals surface area contributed by atoms with Crippen molar-refractivity contribution in [2.45, 2.75) is 13.8 Å². The topological polar surface area (TPSA) is 27.7 Å². The highest BCUT2D eigenvalue weighted by molar-refractivity contribution is 9.10. The predicted octanol–water partition coefficient (Wildman–Crippen LogP) is 3.17. The third-order valence-corrected chi connectivity index (χ3v) is 2.92. The molecular formula is C11H15BrO3. The van der Waals surface area contributed by atoms with E-state index in [1.165, 1.54) is 0 Å². The van der Waals surface area contributed by atoms with E-state index in [1.807, 2.05) is 19.9 Å². The van der Waals surface area contributed by atoms with Crippen LogP contribution in [0.5, 0.6) is 17.2 Å². The molecule has 1 aromatic carbocycles. The molecule has 0 amide bonds. The Balaban J connectivity index is 3.35. The van der Waals surface area contributed by atoms with Crippen LogP contribution in [0.25, 0.3) is 0 Å². The van der Waals surface area contributed by atoms with E-state index in [9.17, 15) is 0 Å². The zero-order valence-corrected chi connectivity index (χ0v) is 11.0. The molecule has 84 valence electrons. The molecule has 0 spiro atoms. The molecule has 1 aromatic rings. The Labute approximate surface area is 98.5 Å². The second-order valence-corrected chi connectivity index (χ2v) is 3.84. The van der Waals surface area contributed by atoms with E-state index in [2.05, 4.69) is 15.9 Å². The second kappa shape index (κ2) is 5.26. The maximum absolute atomic E-state index is 5.51. The van der Waals surface area contributed by atoms with Crippen molar-refractivity contribution in [3.63, 3.8) is 0 Å². The molecule has 0 bridgehead atoms. The summed E-state index contributed by atoms with van der Waals surface area (Å²) in [5, 5.41) is 0. The number of ether oxygens (including phenoxy) is 3. The summed E-state index contributed by atoms with van der Waals surface area (Å²) in [6.45, 7) is 4.47. The maximum Gasteiger partial charge on any atom is 0.203 e. The molecule has 4 heteroatoms. The van der Waals surface area contributed by atoms with Crippen LogP contribution in [-0.2, 0) is 0 Å². The van der Waals surface area contributed by atoms with Gasteiger partial charge in [-0.2, -0.15) is 0 Å². The fourth-order valence-electron chi connectivity index (χ4n) is 1.36. The average Bonchev–Trinajstić information content (AvgIpc) is 2.24. The van der Waals surface area contributed by atoms with Crippen LogP contribution in [0.1, 0.15) is 12.5 Å². The first kappa shape index (κ1) is 12.2. The lowest BCUT2D eigenvalue weighted by atomic mass is 10.2. The number of hydrogen-bond acceptors (Lipinski definition) is 3. The molecule has 1 rings (SSSR count). The molecule has 0 N–H and O–H groups in total. The van der Waals surface area contributed by atoms with Gasteiger partial charge in [0.05, 0.1) is 20.8 Å². The van der Waals surface area contributed by atoms with E-state index in [-0.39, 0.29) is 0 Å². The smallest absolute Gasteiger partial charge is 0.203 e. The molecule has 0 fully saturated rings. The Bertz CT molecular complexity index is 350. The minimum Gasteiger partial charge on any atom is -0.493 e. The summed E-state index contributed by atoms with van der Waals surface area (Å²) in [6.07, 6.45) is 0. The first-order chi connectivity index (χ1) is 7.15. The van der Waals surface area contributed by atoms with Crippen molar-refractivity contribution in [3.05, 3.63) is 16.1 Å². The Morgan fingerprint density at radius 1 is 1.20 bits per heavy atom. The SMILES string of the molecule is CCOc1c(OC)cc(Br)c(C)c1OC. The van der Waals surface area contributed by atoms with E-state index in [1.54, 1.807) is 14.2 Å². The van der Waals surface area contributed by atoms with Gasteiger partial charge < -0.3 is 14.2 Å². The Hall–Kier alpha value is -0.900. The lowest BCUT2D eigenvalue weighted by Crippen LogP contribution is -2.00. The molecule has 0 aromatic heterocycles. The van der Waals surface area contributed by atoms with Crippen LogP contribution in [0.3, 0.4) is 0 Å². The van der Waals surface area contributed by atoms with Crippen molar-refractivity contribution >= 4 is 15.9 Å². The van der Waals surface area contributed by atoms with Crippen LogP contribution in [0, 0.1) is 6.92 Å². The van der Waals surface area contributed by atoms with Gasteiger partial charge in [-0.3, -0.25) is 0 Å². The van der Waals surface area contributed by atoms with E-state index < -0.39 is 0 Å². The van der Waals surface area contributed by atoms with Gasteiger partial charge >= 0.3 is 0 Å². The Kier molecular flexibility index (Phi) is 4.27. The molecule has 0 aliphatic rings. The molecule has 0 heterocycles. The molecule has 0 saturated carbocycles. The van der Waals surface area contributed by atoms with Crippen LogP contribution in [-0.4, -0.2) is 20.8 Å². The number of hydrogen-bond donors (Lipinski definition) is 0. The summed E-state index contributed by atoms with van der Waals surface area (Å²) in [5.74, 6) is 2.04. The average molecular weight is 275 g/mol. The molecule has 0 aliphatic heterocycles. The van der Waals surface area contributed by atoms with Gasteiger partial charge in [-0.1, -0.05) is 15.9 Å². The zero-order valence-electron chi connectivity index (χ0n) is 9.39. The highest BCUT2D eigenvalue weighted by Gasteiger charge is 2.16. The van der Waals surface area contributed by atoms with Gasteiger partial charge in [0, 0.05) is 10.0 Å². The van der Waals surface area contributed by atoms with Crippen LogP contribution >= 0.6 is 15.9 Å². The summed E-state index contributed by atoms with van der Waals surface area (Å²) in [4.78, 5) is 0. The van der Waals surface area contributed by atoms with Crippen molar-refractivity contribution in [1.29, 1.82) is 0 Å². The third-order valence-electron chi connectivity index (χ3n) is 2.10. The van der Waals surface area contributed by atoms with Crippen LogP contribution in [0.2, 0.25) is 0 Å². The van der Waals surface area contributed by atoms with Gasteiger partial charge in [0.2, 0.25) is 5.75 Å². The van der Waals surface area contributed by atoms with Gasteiger partial charge in [0.25, 0.3) is 0 Å². The van der Waals surface area contributed by atoms with E-state index in [0.29, 0.717) is 23.9 Å². The minimum atomic E-state index is 0.577. The van der Waals surface area contributed by atoms with Gasteiger partial charge in [-0.25, -0.2) is 0 Å². The molecular weight excluding hydrogens is 260 g/mol. The fraction of sp³-hybridized carbons (Fsp3) is 0.455. The van der Waals surface area contributed by atoms with Crippen molar-refractivity contribution in [3.8, 4) is 17.2 Å². The van der Waals surface area contributed by atoms with Crippen molar-refractivity contribution in [2.24, 2.45) is 0 Å². The highest BCUT2D eigenvalue weighted by atomic mass is 79.9. The summed E-state index contributed by atoms with van der Waals surface area (Å²) in [6, 6.07) is 1.88. The molecule has 15 heavy (non-hydrogen) atoms. The minimum absolute atomic E-state index is 0.577. The molecule has 0 unspecified atom stereocenters. The second-order valence-electron chi connectivity index (χ2n) is 2.98. The Morgan fingerprint density at radius 3 is 2.33 bits per heavy atom. The largest absolute Gasteiger partial charge is 0.493 e. The highest BCUT2D eigenvalue weighted by Crippen LogP contribution is 2.43. The predicted molar refractivity (Wildman–Crippen MR) is 63.2 cm³/mol. The number of methoxy groups -OCH3 is 2. The molecule has 0 radical (unpaired) electrons. The van der Waals surface area contributed by atoms with Gasteiger partial charge in [-0.05, 0) is 19.9 Å². The lowest BCUT2D eigenvalue weighted by Gasteiger charge is -2.16. The molecule has 3 nitrogen and oxygen atoms in total. The summed E-state index contributed by atoms with van der Waals surface area (Å²) < 4.78 is 17.0. The zero-order chi connectivity index (χ0) is 11.4. The van der Waals surface area contributed by atoms with E-state index in [4.69, 9.17) is 14.2 Å². The Morgan fingerprint density at radius 2 is 1.87 bits per heavy atom. The van der Waals surface area contributed by atoms with Crippen molar-refractivity contribution in [1.82, 2.24) is 0 Å². The normalized spacial score (nSPS) is 9.93. The number of rotatable bonds is 4. The summed E-state index contributed by atoms with van der Waals surface area (Å²) >= 11 is 3.45. The van der Waals surface area contributed by atoms with Gasteiger partial charge in [0.1, 0.15) is 0 Å². The first-order valence-corrected chi connectivity index (χ1v) is 5.48. The van der Waals surface area contributed by atoms with Gasteiger partial charge in [0.15, 0.2) is 11.5 Å². The molecule has 0 aliphatic carbocycles. The lowest BCUT2D eigenvalue weighted by molar-refractivity contribution is 0.287. The molecule has 0 atom stereocenters. The summed E-state index contributed by atoms with van der Waals surface area (Å²) in [5.41, 5.74) is 1.00. The van der Waals surface area contributed by atoms with Crippen LogP contribution in [0.4, 0.5) is 0 Å². The maximum atomic E-state index is 5.51. The van der Waals surface area contributed by atoms with Crippen molar-refractivity contribution < 1.29 is 14.2 Å². The number of halogens is 1. The fourth-order valence-corrected chi connectivity index (χ4v) is 1.75. The summed E-state index contributed by atoms with van der Waals surface area (Å²) in [7, 11) is 3.23. The van der Waals surface area contributed by atoms with E-state index >= 15 is 0 Å². The van der Waals surface area contributed by atoms with Crippen molar-refractivity contribution in [2.75, 3.05) is 20.8 Å². The van der Waals surface area contributed by atoms with Gasteiger partial charge in [-0.15, -0.1) is 0 Å². The van der Waals surface area contributed by atoms with Crippen LogP contribution in [0.15, 0.2) is 10.5 Å². The monoisotopic (exact) mass is 274 g/mol. The quantitative estimate of drug-likeness (QED) is 0.844. The standard InChI is InChI=1S/C11H15BrO3/c1-5-15-11-9(13-3)6-8(12)7(2)10(11)14-4/h6H,5H2,1-4H3.